The Morgan fingerprint density at radius 1 is 1.18 bits per heavy atom. The van der Waals surface area contributed by atoms with Crippen LogP contribution in [0.2, 0.25) is 0 Å². The van der Waals surface area contributed by atoms with Crippen LogP contribution in [0.25, 0.3) is 11.2 Å². The zero-order valence-electron chi connectivity index (χ0n) is 21.5. The van der Waals surface area contributed by atoms with Crippen LogP contribution in [0.1, 0.15) is 83.4 Å². The quantitative estimate of drug-likeness (QED) is 0.355. The van der Waals surface area contributed by atoms with Gasteiger partial charge in [-0.3, -0.25) is 9.36 Å². The molecule has 4 saturated carbocycles. The van der Waals surface area contributed by atoms with Gasteiger partial charge in [-0.1, -0.05) is 6.92 Å². The molecule has 11 nitrogen and oxygen atoms in total. The van der Waals surface area contributed by atoms with Crippen LogP contribution in [-0.4, -0.2) is 48.5 Å². The molecule has 4 aliphatic rings. The number of H-pyrrole nitrogens is 1. The maximum Gasteiger partial charge on any atom is 0.512 e. The monoisotopic (exact) mass is 543 g/mol. The number of nitrogens with zero attached hydrogens (tertiary/aromatic N) is 4. The van der Waals surface area contributed by atoms with E-state index in [-0.39, 0.29) is 27.6 Å². The van der Waals surface area contributed by atoms with E-state index in [9.17, 15) is 9.59 Å². The molecule has 2 bridgehead atoms. The average molecular weight is 544 g/mol. The van der Waals surface area contributed by atoms with Crippen LogP contribution < -0.4 is 19.8 Å². The van der Waals surface area contributed by atoms with Crippen LogP contribution in [0, 0.1) is 5.41 Å². The minimum Gasteiger partial charge on any atom is -0.469 e. The van der Waals surface area contributed by atoms with Crippen molar-refractivity contribution in [3.8, 4) is 16.3 Å². The molecule has 7 rings (SSSR count). The van der Waals surface area contributed by atoms with Crippen molar-refractivity contribution in [2.45, 2.75) is 95.6 Å². The van der Waals surface area contributed by atoms with E-state index in [0.717, 1.165) is 87.8 Å². The topological polar surface area (TPSA) is 141 Å². The largest absolute Gasteiger partial charge is 0.512 e. The lowest BCUT2D eigenvalue weighted by Gasteiger charge is -2.52. The minimum absolute atomic E-state index is 0.0572. The molecule has 4 fully saturated rings. The van der Waals surface area contributed by atoms with Gasteiger partial charge in [0.05, 0.1) is 12.8 Å². The Morgan fingerprint density at radius 2 is 1.92 bits per heavy atom. The first-order chi connectivity index (χ1) is 18.4. The van der Waals surface area contributed by atoms with Gasteiger partial charge in [0.1, 0.15) is 11.9 Å². The molecular formula is C26H33N5O6S. The molecule has 0 atom stereocenters. The predicted molar refractivity (Wildman–Crippen MR) is 139 cm³/mol. The van der Waals surface area contributed by atoms with Crippen LogP contribution in [0.15, 0.2) is 11.0 Å². The predicted octanol–water partition coefficient (Wildman–Crippen LogP) is 5.04. The molecule has 3 heterocycles. The summed E-state index contributed by atoms with van der Waals surface area (Å²) in [7, 11) is 0. The van der Waals surface area contributed by atoms with Crippen LogP contribution in [0.3, 0.4) is 0 Å². The molecule has 4 aliphatic carbocycles. The number of hydrogen-bond donors (Lipinski definition) is 2. The number of aromatic nitrogens is 5. The van der Waals surface area contributed by atoms with Gasteiger partial charge in [0.15, 0.2) is 11.2 Å². The van der Waals surface area contributed by atoms with Crippen LogP contribution in [0.5, 0.6) is 16.3 Å². The van der Waals surface area contributed by atoms with Gasteiger partial charge in [0.2, 0.25) is 5.06 Å². The van der Waals surface area contributed by atoms with Gasteiger partial charge in [-0.2, -0.15) is 4.98 Å². The number of thiazole rings is 1. The highest BCUT2D eigenvalue weighted by atomic mass is 32.1. The van der Waals surface area contributed by atoms with Crippen molar-refractivity contribution < 1.29 is 24.1 Å². The molecule has 0 aliphatic heterocycles. The van der Waals surface area contributed by atoms with E-state index in [1.807, 2.05) is 6.92 Å². The lowest BCUT2D eigenvalue weighted by Crippen LogP contribution is -2.47. The van der Waals surface area contributed by atoms with Crippen LogP contribution in [0.4, 0.5) is 4.79 Å². The van der Waals surface area contributed by atoms with Crippen molar-refractivity contribution in [2.24, 2.45) is 5.41 Å². The molecule has 0 aromatic carbocycles. The molecular weight excluding hydrogens is 510 g/mol. The number of rotatable bonds is 9. The zero-order valence-corrected chi connectivity index (χ0v) is 22.3. The average Bonchev–Trinajstić information content (AvgIpc) is 3.68. The Labute approximate surface area is 223 Å². The SMILES string of the molecule is CCCn1c(OC2CCCC2)nc2nc(C34CCC(COc5ncc(OC(=O)O)s5)(CC3)CC4)[nH]c2c1=O. The lowest BCUT2D eigenvalue weighted by atomic mass is 9.53. The molecule has 0 saturated heterocycles. The van der Waals surface area contributed by atoms with Crippen molar-refractivity contribution in [3.63, 3.8) is 0 Å². The van der Waals surface area contributed by atoms with Gasteiger partial charge >= 0.3 is 12.2 Å². The molecule has 0 unspecified atom stereocenters. The number of carbonyl (C=O) groups is 1. The number of ether oxygens (including phenoxy) is 3. The van der Waals surface area contributed by atoms with Crippen molar-refractivity contribution in [1.82, 2.24) is 24.5 Å². The molecule has 3 aromatic rings. The van der Waals surface area contributed by atoms with E-state index in [1.165, 1.54) is 6.20 Å². The fourth-order valence-electron chi connectivity index (χ4n) is 6.38. The summed E-state index contributed by atoms with van der Waals surface area (Å²) in [4.78, 5) is 41.3. The van der Waals surface area contributed by atoms with Crippen molar-refractivity contribution in [2.75, 3.05) is 6.61 Å². The number of fused-ring (bicyclic) bond motifs is 4. The fourth-order valence-corrected chi connectivity index (χ4v) is 6.99. The van der Waals surface area contributed by atoms with Crippen molar-refractivity contribution >= 4 is 28.7 Å². The van der Waals surface area contributed by atoms with Gasteiger partial charge in [-0.15, -0.1) is 0 Å². The molecule has 3 aromatic heterocycles. The molecule has 2 N–H and O–H groups in total. The molecule has 0 amide bonds. The first-order valence-corrected chi connectivity index (χ1v) is 14.4. The van der Waals surface area contributed by atoms with E-state index >= 15 is 0 Å². The normalized spacial score (nSPS) is 25.2. The highest BCUT2D eigenvalue weighted by Crippen LogP contribution is 2.57. The third kappa shape index (κ3) is 4.63. The summed E-state index contributed by atoms with van der Waals surface area (Å²) in [5, 5.41) is 9.38. The number of imidazole rings is 1. The second-order valence-corrected chi connectivity index (χ2v) is 12.0. The van der Waals surface area contributed by atoms with Gasteiger partial charge in [0, 0.05) is 17.4 Å². The Kier molecular flexibility index (Phi) is 6.53. The second kappa shape index (κ2) is 9.87. The van der Waals surface area contributed by atoms with Gasteiger partial charge in [-0.25, -0.2) is 14.8 Å². The Morgan fingerprint density at radius 3 is 2.61 bits per heavy atom. The maximum absolute atomic E-state index is 13.5. The van der Waals surface area contributed by atoms with Gasteiger partial charge in [0.25, 0.3) is 10.8 Å². The molecule has 0 spiro atoms. The summed E-state index contributed by atoms with van der Waals surface area (Å²) < 4.78 is 18.5. The lowest BCUT2D eigenvalue weighted by molar-refractivity contribution is -0.00145. The van der Waals surface area contributed by atoms with Gasteiger partial charge < -0.3 is 24.3 Å². The number of hydrogen-bond acceptors (Lipinski definition) is 9. The smallest absolute Gasteiger partial charge is 0.469 e. The summed E-state index contributed by atoms with van der Waals surface area (Å²) in [6.45, 7) is 3.15. The van der Waals surface area contributed by atoms with E-state index in [2.05, 4.69) is 14.7 Å². The number of carboxylic acid groups (broad SMARTS) is 1. The second-order valence-electron chi connectivity index (χ2n) is 11.0. The highest BCUT2D eigenvalue weighted by Gasteiger charge is 2.51. The summed E-state index contributed by atoms with van der Waals surface area (Å²) in [5.41, 5.74) is 0.774. The minimum atomic E-state index is -1.36. The first-order valence-electron chi connectivity index (χ1n) is 13.6. The van der Waals surface area contributed by atoms with E-state index in [1.54, 1.807) is 4.57 Å². The first kappa shape index (κ1) is 25.1. The summed E-state index contributed by atoms with van der Waals surface area (Å²) in [5.74, 6) is 0.864. The van der Waals surface area contributed by atoms with Gasteiger partial charge in [-0.05, 0) is 82.0 Å². The third-order valence-corrected chi connectivity index (χ3v) is 9.44. The van der Waals surface area contributed by atoms with E-state index in [0.29, 0.717) is 35.5 Å². The van der Waals surface area contributed by atoms with Crippen LogP contribution in [-0.2, 0) is 12.0 Å². The Hall–Kier alpha value is -3.15. The van der Waals surface area contributed by atoms with Crippen molar-refractivity contribution in [1.29, 1.82) is 0 Å². The zero-order chi connectivity index (χ0) is 26.3. The summed E-state index contributed by atoms with van der Waals surface area (Å²) >= 11 is 1.09. The Bertz CT molecular complexity index is 1370. The fraction of sp³-hybridized carbons (Fsp3) is 0.654. The standard InChI is InChI=1S/C26H33N5O6S/c1-2-13-31-20(32)18-19(30-22(31)36-16-5-3-4-6-16)29-21(28-18)26-10-7-25(8-11-26,9-12-26)15-35-23-27-14-17(38-23)37-24(33)34/h14,16H,2-13,15H2,1H3,(H,28,29)(H,33,34). The van der Waals surface area contributed by atoms with E-state index in [4.69, 9.17) is 24.5 Å². The van der Waals surface area contributed by atoms with E-state index < -0.39 is 6.16 Å². The molecule has 204 valence electrons. The number of nitrogens with one attached hydrogen (secondary N) is 1. The molecule has 12 heteroatoms. The highest BCUT2D eigenvalue weighted by molar-refractivity contribution is 7.15. The summed E-state index contributed by atoms with van der Waals surface area (Å²) in [6, 6.07) is 0.398. The van der Waals surface area contributed by atoms with Crippen LogP contribution >= 0.6 is 11.3 Å². The Balaban J connectivity index is 1.18. The summed E-state index contributed by atoms with van der Waals surface area (Å²) in [6.07, 6.45) is 11.1. The van der Waals surface area contributed by atoms with Crippen molar-refractivity contribution in [3.05, 3.63) is 22.4 Å². The number of aromatic amines is 1. The maximum atomic E-state index is 13.5. The molecule has 38 heavy (non-hydrogen) atoms. The molecule has 0 radical (unpaired) electrons. The third-order valence-electron chi connectivity index (χ3n) is 8.65.